The van der Waals surface area contributed by atoms with Gasteiger partial charge in [-0.1, -0.05) is 19.3 Å². The number of rotatable bonds is 3. The van der Waals surface area contributed by atoms with Crippen LogP contribution >= 0.6 is 0 Å². The fourth-order valence-electron chi connectivity index (χ4n) is 2.48. The summed E-state index contributed by atoms with van der Waals surface area (Å²) >= 11 is 0. The van der Waals surface area contributed by atoms with Crippen LogP contribution in [0.25, 0.3) is 0 Å². The molecule has 0 atom stereocenters. The third-order valence-corrected chi connectivity index (χ3v) is 5.55. The number of ether oxygens (including phenoxy) is 1. The molecule has 1 aliphatic heterocycles. The predicted molar refractivity (Wildman–Crippen MR) is 79.3 cm³/mol. The maximum absolute atomic E-state index is 12.6. The van der Waals surface area contributed by atoms with Gasteiger partial charge in [-0.15, -0.1) is 0 Å². The van der Waals surface area contributed by atoms with Gasteiger partial charge in [0.05, 0.1) is 17.7 Å². The molecular weight excluding hydrogens is 276 g/mol. The number of hydrogen-bond acceptors (Lipinski definition) is 4. The van der Waals surface area contributed by atoms with Gasteiger partial charge >= 0.3 is 0 Å². The normalized spacial score (nSPS) is 18.2. The molecule has 1 aliphatic rings. The summed E-state index contributed by atoms with van der Waals surface area (Å²) in [7, 11) is -1.94. The van der Waals surface area contributed by atoms with Crippen molar-refractivity contribution in [2.24, 2.45) is 0 Å². The Labute approximate surface area is 120 Å². The molecule has 0 saturated carbocycles. The maximum atomic E-state index is 12.6. The molecule has 0 amide bonds. The minimum absolute atomic E-state index is 0.247. The first-order valence-corrected chi connectivity index (χ1v) is 8.43. The van der Waals surface area contributed by atoms with Crippen molar-refractivity contribution in [3.8, 4) is 5.75 Å². The molecule has 1 aromatic carbocycles. The highest BCUT2D eigenvalue weighted by Gasteiger charge is 2.25. The van der Waals surface area contributed by atoms with E-state index in [4.69, 9.17) is 10.5 Å². The molecule has 112 valence electrons. The van der Waals surface area contributed by atoms with Crippen molar-refractivity contribution in [2.45, 2.75) is 37.0 Å². The number of nitrogens with zero attached hydrogens (tertiary/aromatic N) is 1. The molecule has 20 heavy (non-hydrogen) atoms. The van der Waals surface area contributed by atoms with Gasteiger partial charge < -0.3 is 10.5 Å². The van der Waals surface area contributed by atoms with Crippen LogP contribution in [-0.4, -0.2) is 32.9 Å². The third-order valence-electron chi connectivity index (χ3n) is 3.65. The molecule has 2 N–H and O–H groups in total. The van der Waals surface area contributed by atoms with Crippen molar-refractivity contribution < 1.29 is 13.2 Å². The standard InChI is InChI=1S/C14H22N2O3S/c1-19-14-8-7-12(11-13(14)15)20(17,18)16-9-5-3-2-4-6-10-16/h7-8,11H,2-6,9-10,15H2,1H3. The molecule has 1 aromatic rings. The second-order valence-electron chi connectivity index (χ2n) is 5.08. The van der Waals surface area contributed by atoms with Crippen LogP contribution in [0.1, 0.15) is 32.1 Å². The van der Waals surface area contributed by atoms with Crippen LogP contribution in [0.2, 0.25) is 0 Å². The van der Waals surface area contributed by atoms with E-state index in [1.165, 1.54) is 19.6 Å². The lowest BCUT2D eigenvalue weighted by Crippen LogP contribution is -2.33. The first-order valence-electron chi connectivity index (χ1n) is 6.99. The quantitative estimate of drug-likeness (QED) is 0.869. The summed E-state index contributed by atoms with van der Waals surface area (Å²) in [6.45, 7) is 1.18. The lowest BCUT2D eigenvalue weighted by Gasteiger charge is -2.24. The van der Waals surface area contributed by atoms with Crippen molar-refractivity contribution in [3.05, 3.63) is 18.2 Å². The molecule has 0 bridgehead atoms. The molecule has 0 spiro atoms. The third kappa shape index (κ3) is 3.24. The molecule has 0 aromatic heterocycles. The molecule has 0 radical (unpaired) electrons. The van der Waals surface area contributed by atoms with Gasteiger partial charge in [0.15, 0.2) is 0 Å². The Bertz CT molecular complexity index is 550. The van der Waals surface area contributed by atoms with Gasteiger partial charge in [0.25, 0.3) is 0 Å². The van der Waals surface area contributed by atoms with E-state index in [9.17, 15) is 8.42 Å². The van der Waals surface area contributed by atoms with Crippen molar-refractivity contribution in [1.82, 2.24) is 4.31 Å². The van der Waals surface area contributed by atoms with Gasteiger partial charge in [-0.05, 0) is 31.0 Å². The Morgan fingerprint density at radius 2 is 1.70 bits per heavy atom. The van der Waals surface area contributed by atoms with Gasteiger partial charge in [0, 0.05) is 13.1 Å². The van der Waals surface area contributed by atoms with Crippen LogP contribution in [0.15, 0.2) is 23.1 Å². The van der Waals surface area contributed by atoms with E-state index in [0.29, 0.717) is 24.5 Å². The second kappa shape index (κ2) is 6.45. The first kappa shape index (κ1) is 15.1. The van der Waals surface area contributed by atoms with Crippen molar-refractivity contribution in [3.63, 3.8) is 0 Å². The van der Waals surface area contributed by atoms with Gasteiger partial charge in [-0.2, -0.15) is 4.31 Å². The predicted octanol–water partition coefficient (Wildman–Crippen LogP) is 2.23. The molecular formula is C14H22N2O3S. The van der Waals surface area contributed by atoms with Crippen molar-refractivity contribution in [1.29, 1.82) is 0 Å². The zero-order valence-corrected chi connectivity index (χ0v) is 12.7. The molecule has 1 saturated heterocycles. The van der Waals surface area contributed by atoms with Crippen LogP contribution in [0.4, 0.5) is 5.69 Å². The summed E-state index contributed by atoms with van der Waals surface area (Å²) in [5.74, 6) is 0.497. The molecule has 1 fully saturated rings. The van der Waals surface area contributed by atoms with E-state index >= 15 is 0 Å². The number of nitrogen functional groups attached to an aromatic ring is 1. The summed E-state index contributed by atoms with van der Waals surface area (Å²) in [6, 6.07) is 4.64. The Kier molecular flexibility index (Phi) is 4.88. The SMILES string of the molecule is COc1ccc(S(=O)(=O)N2CCCCCCC2)cc1N. The number of benzene rings is 1. The van der Waals surface area contributed by atoms with Crippen LogP contribution in [0.5, 0.6) is 5.75 Å². The topological polar surface area (TPSA) is 72.6 Å². The molecule has 0 unspecified atom stereocenters. The highest BCUT2D eigenvalue weighted by Crippen LogP contribution is 2.27. The Balaban J connectivity index is 2.26. The minimum Gasteiger partial charge on any atom is -0.495 e. The molecule has 2 rings (SSSR count). The number of anilines is 1. The van der Waals surface area contributed by atoms with E-state index in [1.807, 2.05) is 0 Å². The largest absolute Gasteiger partial charge is 0.495 e. The van der Waals surface area contributed by atoms with Gasteiger partial charge in [-0.25, -0.2) is 8.42 Å². The highest BCUT2D eigenvalue weighted by molar-refractivity contribution is 7.89. The van der Waals surface area contributed by atoms with Crippen LogP contribution in [-0.2, 0) is 10.0 Å². The Morgan fingerprint density at radius 1 is 1.10 bits per heavy atom. The van der Waals surface area contributed by atoms with Gasteiger partial charge in [-0.3, -0.25) is 0 Å². The first-order chi connectivity index (χ1) is 9.55. The highest BCUT2D eigenvalue weighted by atomic mass is 32.2. The average Bonchev–Trinajstić information content (AvgIpc) is 2.37. The lowest BCUT2D eigenvalue weighted by molar-refractivity contribution is 0.364. The van der Waals surface area contributed by atoms with Crippen LogP contribution < -0.4 is 10.5 Å². The van der Waals surface area contributed by atoms with E-state index in [1.54, 1.807) is 16.4 Å². The summed E-state index contributed by atoms with van der Waals surface area (Å²) in [6.07, 6.45) is 5.23. The summed E-state index contributed by atoms with van der Waals surface area (Å²) in [5, 5.41) is 0. The van der Waals surface area contributed by atoms with E-state index in [2.05, 4.69) is 0 Å². The zero-order chi connectivity index (χ0) is 14.6. The Morgan fingerprint density at radius 3 is 2.25 bits per heavy atom. The molecule has 1 heterocycles. The van der Waals surface area contributed by atoms with Gasteiger partial charge in [0.2, 0.25) is 10.0 Å². The fraction of sp³-hybridized carbons (Fsp3) is 0.571. The molecule has 5 nitrogen and oxygen atoms in total. The number of methoxy groups -OCH3 is 1. The van der Waals surface area contributed by atoms with Crippen molar-refractivity contribution >= 4 is 15.7 Å². The molecule has 0 aliphatic carbocycles. The van der Waals surface area contributed by atoms with Crippen LogP contribution in [0.3, 0.4) is 0 Å². The van der Waals surface area contributed by atoms with E-state index in [-0.39, 0.29) is 4.90 Å². The van der Waals surface area contributed by atoms with E-state index in [0.717, 1.165) is 25.7 Å². The van der Waals surface area contributed by atoms with Gasteiger partial charge in [0.1, 0.15) is 5.75 Å². The van der Waals surface area contributed by atoms with E-state index < -0.39 is 10.0 Å². The average molecular weight is 298 g/mol. The number of sulfonamides is 1. The second-order valence-corrected chi connectivity index (χ2v) is 7.01. The zero-order valence-electron chi connectivity index (χ0n) is 11.8. The summed E-state index contributed by atoms with van der Waals surface area (Å²) in [4.78, 5) is 0.247. The van der Waals surface area contributed by atoms with Crippen molar-refractivity contribution in [2.75, 3.05) is 25.9 Å². The minimum atomic E-state index is -3.45. The van der Waals surface area contributed by atoms with Crippen LogP contribution in [0, 0.1) is 0 Å². The maximum Gasteiger partial charge on any atom is 0.243 e. The number of hydrogen-bond donors (Lipinski definition) is 1. The monoisotopic (exact) mass is 298 g/mol. The lowest BCUT2D eigenvalue weighted by atomic mass is 10.1. The fourth-order valence-corrected chi connectivity index (χ4v) is 4.03. The summed E-state index contributed by atoms with van der Waals surface area (Å²) < 4.78 is 31.9. The summed E-state index contributed by atoms with van der Waals surface area (Å²) in [5.41, 5.74) is 6.15. The smallest absolute Gasteiger partial charge is 0.243 e. The molecule has 6 heteroatoms. The Hall–Kier alpha value is -1.27. The number of nitrogens with two attached hydrogens (primary N) is 1.